The molecule has 1 aliphatic carbocycles. The predicted octanol–water partition coefficient (Wildman–Crippen LogP) is 3.16. The summed E-state index contributed by atoms with van der Waals surface area (Å²) in [5, 5.41) is 12.7. The smallest absolute Gasteiger partial charge is 0.306 e. The molecular formula is C19H26F2N2O2. The molecule has 1 heterocycles. The van der Waals surface area contributed by atoms with Gasteiger partial charge in [-0.15, -0.1) is 0 Å². The third-order valence-corrected chi connectivity index (χ3v) is 5.50. The SMILES string of the molecule is O=C(O)C1CCC(NC2CCCN(Cc3c(F)cccc3F)C2)CC1. The highest BCUT2D eigenvalue weighted by molar-refractivity contribution is 5.70. The van der Waals surface area contributed by atoms with Gasteiger partial charge in [0.2, 0.25) is 0 Å². The van der Waals surface area contributed by atoms with E-state index in [0.717, 1.165) is 51.6 Å². The molecule has 138 valence electrons. The molecule has 1 saturated heterocycles. The highest BCUT2D eigenvalue weighted by Gasteiger charge is 2.29. The van der Waals surface area contributed by atoms with E-state index in [1.807, 2.05) is 0 Å². The molecule has 0 amide bonds. The number of nitrogens with zero attached hydrogens (tertiary/aromatic N) is 1. The maximum absolute atomic E-state index is 13.8. The average molecular weight is 352 g/mol. The molecule has 0 radical (unpaired) electrons. The Morgan fingerprint density at radius 1 is 1.12 bits per heavy atom. The van der Waals surface area contributed by atoms with Crippen LogP contribution in [0.4, 0.5) is 8.78 Å². The second-order valence-corrected chi connectivity index (χ2v) is 7.33. The summed E-state index contributed by atoms with van der Waals surface area (Å²) in [6, 6.07) is 4.65. The van der Waals surface area contributed by atoms with Crippen LogP contribution in [0.2, 0.25) is 0 Å². The fraction of sp³-hybridized carbons (Fsp3) is 0.632. The van der Waals surface area contributed by atoms with Crippen molar-refractivity contribution in [2.24, 2.45) is 5.92 Å². The molecule has 4 nitrogen and oxygen atoms in total. The van der Waals surface area contributed by atoms with Crippen molar-refractivity contribution in [3.8, 4) is 0 Å². The number of piperidine rings is 1. The normalized spacial score (nSPS) is 28.0. The minimum absolute atomic E-state index is 0.144. The number of carboxylic acid groups (broad SMARTS) is 1. The Kier molecular flexibility index (Phi) is 6.02. The number of hydrogen-bond donors (Lipinski definition) is 2. The lowest BCUT2D eigenvalue weighted by molar-refractivity contribution is -0.142. The van der Waals surface area contributed by atoms with Crippen LogP contribution in [0.15, 0.2) is 18.2 Å². The summed E-state index contributed by atoms with van der Waals surface area (Å²) in [6.45, 7) is 1.91. The number of carboxylic acids is 1. The summed E-state index contributed by atoms with van der Waals surface area (Å²) >= 11 is 0. The molecule has 2 fully saturated rings. The minimum Gasteiger partial charge on any atom is -0.481 e. The number of carbonyl (C=O) groups is 1. The van der Waals surface area contributed by atoms with Gasteiger partial charge in [-0.05, 0) is 57.2 Å². The first-order valence-corrected chi connectivity index (χ1v) is 9.17. The molecule has 1 unspecified atom stereocenters. The zero-order valence-electron chi connectivity index (χ0n) is 14.4. The number of halogens is 2. The van der Waals surface area contributed by atoms with Crippen molar-refractivity contribution in [2.45, 2.75) is 57.2 Å². The summed E-state index contributed by atoms with van der Waals surface area (Å²) in [4.78, 5) is 13.1. The zero-order chi connectivity index (χ0) is 17.8. The van der Waals surface area contributed by atoms with Gasteiger partial charge in [-0.3, -0.25) is 9.69 Å². The molecule has 1 aromatic rings. The lowest BCUT2D eigenvalue weighted by Gasteiger charge is -2.37. The van der Waals surface area contributed by atoms with Crippen LogP contribution in [0, 0.1) is 17.6 Å². The molecule has 1 aliphatic heterocycles. The summed E-state index contributed by atoms with van der Waals surface area (Å²) in [6.07, 6.45) is 5.27. The van der Waals surface area contributed by atoms with Gasteiger partial charge in [0.25, 0.3) is 0 Å². The first-order chi connectivity index (χ1) is 12.0. The van der Waals surface area contributed by atoms with Crippen molar-refractivity contribution in [1.29, 1.82) is 0 Å². The second-order valence-electron chi connectivity index (χ2n) is 7.33. The first kappa shape index (κ1) is 18.3. The highest BCUT2D eigenvalue weighted by Crippen LogP contribution is 2.26. The van der Waals surface area contributed by atoms with Gasteiger partial charge in [0.15, 0.2) is 0 Å². The van der Waals surface area contributed by atoms with E-state index in [1.165, 1.54) is 18.2 Å². The fourth-order valence-electron chi connectivity index (χ4n) is 4.08. The van der Waals surface area contributed by atoms with Crippen LogP contribution in [-0.4, -0.2) is 41.1 Å². The molecular weight excluding hydrogens is 326 g/mol. The fourth-order valence-corrected chi connectivity index (χ4v) is 4.08. The lowest BCUT2D eigenvalue weighted by atomic mass is 9.85. The van der Waals surface area contributed by atoms with Crippen molar-refractivity contribution < 1.29 is 18.7 Å². The molecule has 2 N–H and O–H groups in total. The maximum Gasteiger partial charge on any atom is 0.306 e. The van der Waals surface area contributed by atoms with Crippen LogP contribution in [0.5, 0.6) is 0 Å². The number of aliphatic carboxylic acids is 1. The van der Waals surface area contributed by atoms with Crippen LogP contribution in [0.1, 0.15) is 44.1 Å². The Balaban J connectivity index is 1.51. The van der Waals surface area contributed by atoms with E-state index in [2.05, 4.69) is 10.2 Å². The van der Waals surface area contributed by atoms with Crippen molar-refractivity contribution >= 4 is 5.97 Å². The number of benzene rings is 1. The number of likely N-dealkylation sites (tertiary alicyclic amines) is 1. The van der Waals surface area contributed by atoms with E-state index >= 15 is 0 Å². The third kappa shape index (κ3) is 4.76. The lowest BCUT2D eigenvalue weighted by Crippen LogP contribution is -2.49. The topological polar surface area (TPSA) is 52.6 Å². The summed E-state index contributed by atoms with van der Waals surface area (Å²) in [7, 11) is 0. The molecule has 3 rings (SSSR count). The average Bonchev–Trinajstić information content (AvgIpc) is 2.59. The van der Waals surface area contributed by atoms with E-state index in [-0.39, 0.29) is 11.5 Å². The Bertz CT molecular complexity index is 583. The third-order valence-electron chi connectivity index (χ3n) is 5.50. The van der Waals surface area contributed by atoms with E-state index in [9.17, 15) is 13.6 Å². The number of hydrogen-bond acceptors (Lipinski definition) is 3. The molecule has 0 spiro atoms. The van der Waals surface area contributed by atoms with Gasteiger partial charge in [0.1, 0.15) is 11.6 Å². The second kappa shape index (κ2) is 8.23. The molecule has 0 aromatic heterocycles. The molecule has 6 heteroatoms. The summed E-state index contributed by atoms with van der Waals surface area (Å²) in [5.74, 6) is -1.86. The van der Waals surface area contributed by atoms with Crippen molar-refractivity contribution in [2.75, 3.05) is 13.1 Å². The molecule has 2 aliphatic rings. The predicted molar refractivity (Wildman–Crippen MR) is 91.2 cm³/mol. The van der Waals surface area contributed by atoms with E-state index in [4.69, 9.17) is 5.11 Å². The molecule has 0 bridgehead atoms. The van der Waals surface area contributed by atoms with Gasteiger partial charge in [-0.1, -0.05) is 6.07 Å². The van der Waals surface area contributed by atoms with Crippen LogP contribution in [0.3, 0.4) is 0 Å². The molecule has 25 heavy (non-hydrogen) atoms. The standard InChI is InChI=1S/C19H26F2N2O2/c20-17-4-1-5-18(21)16(17)12-23-10-2-3-15(11-23)22-14-8-6-13(7-9-14)19(24)25/h1,4-5,13-15,22H,2-3,6-12H2,(H,24,25). The van der Waals surface area contributed by atoms with Gasteiger partial charge >= 0.3 is 5.97 Å². The van der Waals surface area contributed by atoms with Crippen LogP contribution >= 0.6 is 0 Å². The Labute approximate surface area is 147 Å². The van der Waals surface area contributed by atoms with Crippen molar-refractivity contribution in [1.82, 2.24) is 10.2 Å². The quantitative estimate of drug-likeness (QED) is 0.855. The van der Waals surface area contributed by atoms with E-state index in [0.29, 0.717) is 18.6 Å². The Morgan fingerprint density at radius 3 is 2.44 bits per heavy atom. The van der Waals surface area contributed by atoms with Gasteiger partial charge in [-0.2, -0.15) is 0 Å². The maximum atomic E-state index is 13.8. The van der Waals surface area contributed by atoms with Gasteiger partial charge in [0, 0.05) is 30.7 Å². The van der Waals surface area contributed by atoms with Gasteiger partial charge in [0.05, 0.1) is 5.92 Å². The zero-order valence-corrected chi connectivity index (χ0v) is 14.4. The first-order valence-electron chi connectivity index (χ1n) is 9.17. The molecule has 1 aromatic carbocycles. The Hall–Kier alpha value is -1.53. The summed E-state index contributed by atoms with van der Waals surface area (Å²) < 4.78 is 27.7. The number of nitrogens with one attached hydrogen (secondary N) is 1. The number of rotatable bonds is 5. The monoisotopic (exact) mass is 352 g/mol. The Morgan fingerprint density at radius 2 is 1.80 bits per heavy atom. The van der Waals surface area contributed by atoms with Crippen LogP contribution in [0.25, 0.3) is 0 Å². The van der Waals surface area contributed by atoms with Crippen molar-refractivity contribution in [3.05, 3.63) is 35.4 Å². The summed E-state index contributed by atoms with van der Waals surface area (Å²) in [5.41, 5.74) is 0.144. The van der Waals surface area contributed by atoms with Crippen LogP contribution < -0.4 is 5.32 Å². The van der Waals surface area contributed by atoms with Crippen LogP contribution in [-0.2, 0) is 11.3 Å². The molecule has 1 atom stereocenters. The van der Waals surface area contributed by atoms with Gasteiger partial charge in [-0.25, -0.2) is 8.78 Å². The van der Waals surface area contributed by atoms with Gasteiger partial charge < -0.3 is 10.4 Å². The highest BCUT2D eigenvalue weighted by atomic mass is 19.1. The largest absolute Gasteiger partial charge is 0.481 e. The molecule has 1 saturated carbocycles. The van der Waals surface area contributed by atoms with E-state index in [1.54, 1.807) is 0 Å². The minimum atomic E-state index is -0.686. The van der Waals surface area contributed by atoms with E-state index < -0.39 is 17.6 Å². The van der Waals surface area contributed by atoms with Crippen molar-refractivity contribution in [3.63, 3.8) is 0 Å².